The summed E-state index contributed by atoms with van der Waals surface area (Å²) >= 11 is 0. The minimum absolute atomic E-state index is 0.00796. The molecule has 4 heteroatoms. The van der Waals surface area contributed by atoms with Crippen LogP contribution in [0.1, 0.15) is 31.9 Å². The quantitative estimate of drug-likeness (QED) is 0.749. The number of nitrogens with zero attached hydrogens (tertiary/aromatic N) is 2. The summed E-state index contributed by atoms with van der Waals surface area (Å²) < 4.78 is 2.03. The van der Waals surface area contributed by atoms with Crippen LogP contribution >= 0.6 is 0 Å². The standard InChI is InChI=1S/C20H23N3O/c1-13-8-9-15(11-16(13)22-19(24)20(3,4)5)17-12-23-10-6-7-14(2)18(23)21-17/h6-12H,1-5H3,(H,22,24). The molecule has 0 atom stereocenters. The molecule has 2 aromatic heterocycles. The fraction of sp³-hybridized carbons (Fsp3) is 0.300. The van der Waals surface area contributed by atoms with Gasteiger partial charge in [-0.2, -0.15) is 0 Å². The van der Waals surface area contributed by atoms with Crippen molar-refractivity contribution in [2.24, 2.45) is 5.41 Å². The molecule has 0 saturated carbocycles. The molecule has 0 saturated heterocycles. The lowest BCUT2D eigenvalue weighted by atomic mass is 9.95. The molecule has 0 aliphatic heterocycles. The van der Waals surface area contributed by atoms with Crippen LogP contribution in [0.2, 0.25) is 0 Å². The van der Waals surface area contributed by atoms with Crippen LogP contribution in [0.25, 0.3) is 16.9 Å². The molecule has 0 spiro atoms. The lowest BCUT2D eigenvalue weighted by molar-refractivity contribution is -0.123. The summed E-state index contributed by atoms with van der Waals surface area (Å²) in [6.45, 7) is 9.78. The zero-order chi connectivity index (χ0) is 17.5. The second kappa shape index (κ2) is 5.78. The third-order valence-corrected chi connectivity index (χ3v) is 4.14. The first-order valence-electron chi connectivity index (χ1n) is 8.12. The molecule has 24 heavy (non-hydrogen) atoms. The molecule has 3 aromatic rings. The molecule has 4 nitrogen and oxygen atoms in total. The van der Waals surface area contributed by atoms with Crippen LogP contribution in [0.3, 0.4) is 0 Å². The monoisotopic (exact) mass is 321 g/mol. The largest absolute Gasteiger partial charge is 0.325 e. The van der Waals surface area contributed by atoms with Crippen molar-refractivity contribution in [3.63, 3.8) is 0 Å². The predicted octanol–water partition coefficient (Wildman–Crippen LogP) is 4.60. The number of imidazole rings is 1. The number of benzene rings is 1. The molecule has 1 N–H and O–H groups in total. The maximum absolute atomic E-state index is 12.3. The van der Waals surface area contributed by atoms with Gasteiger partial charge in [-0.05, 0) is 37.1 Å². The van der Waals surface area contributed by atoms with E-state index in [1.807, 2.05) is 68.8 Å². The second-order valence-electron chi connectivity index (χ2n) is 7.28. The number of carbonyl (C=O) groups is 1. The molecule has 0 aliphatic carbocycles. The number of hydrogen-bond donors (Lipinski definition) is 1. The summed E-state index contributed by atoms with van der Waals surface area (Å²) in [7, 11) is 0. The van der Waals surface area contributed by atoms with Crippen LogP contribution in [0.5, 0.6) is 0 Å². The Morgan fingerprint density at radius 3 is 2.54 bits per heavy atom. The fourth-order valence-electron chi connectivity index (χ4n) is 2.52. The number of rotatable bonds is 2. The number of anilines is 1. The van der Waals surface area contributed by atoms with Crippen molar-refractivity contribution in [1.82, 2.24) is 9.38 Å². The van der Waals surface area contributed by atoms with Gasteiger partial charge in [-0.15, -0.1) is 0 Å². The predicted molar refractivity (Wildman–Crippen MR) is 98.2 cm³/mol. The van der Waals surface area contributed by atoms with Gasteiger partial charge in [-0.25, -0.2) is 4.98 Å². The highest BCUT2D eigenvalue weighted by Gasteiger charge is 2.22. The maximum Gasteiger partial charge on any atom is 0.229 e. The molecule has 0 radical (unpaired) electrons. The molecule has 1 amide bonds. The van der Waals surface area contributed by atoms with Crippen LogP contribution in [0.15, 0.2) is 42.7 Å². The average Bonchev–Trinajstić information content (AvgIpc) is 2.94. The van der Waals surface area contributed by atoms with Gasteiger partial charge in [0.1, 0.15) is 5.65 Å². The van der Waals surface area contributed by atoms with Crippen LogP contribution in [0.4, 0.5) is 5.69 Å². The first-order valence-corrected chi connectivity index (χ1v) is 8.12. The Balaban J connectivity index is 2.01. The van der Waals surface area contributed by atoms with E-state index in [1.54, 1.807) is 0 Å². The molecular weight excluding hydrogens is 298 g/mol. The summed E-state index contributed by atoms with van der Waals surface area (Å²) in [4.78, 5) is 17.0. The van der Waals surface area contributed by atoms with Gasteiger partial charge in [-0.1, -0.05) is 39.0 Å². The Labute approximate surface area is 142 Å². The molecule has 3 rings (SSSR count). The van der Waals surface area contributed by atoms with Gasteiger partial charge in [0.25, 0.3) is 0 Å². The number of pyridine rings is 1. The van der Waals surface area contributed by atoms with Crippen molar-refractivity contribution in [2.75, 3.05) is 5.32 Å². The highest BCUT2D eigenvalue weighted by Crippen LogP contribution is 2.27. The van der Waals surface area contributed by atoms with E-state index in [2.05, 4.69) is 18.3 Å². The van der Waals surface area contributed by atoms with E-state index in [4.69, 9.17) is 4.98 Å². The summed E-state index contributed by atoms with van der Waals surface area (Å²) in [5.41, 5.74) is 5.43. The first kappa shape index (κ1) is 16.2. The minimum Gasteiger partial charge on any atom is -0.325 e. The van der Waals surface area contributed by atoms with Gasteiger partial charge in [-0.3, -0.25) is 4.79 Å². The van der Waals surface area contributed by atoms with E-state index < -0.39 is 5.41 Å². The van der Waals surface area contributed by atoms with Crippen LogP contribution < -0.4 is 5.32 Å². The number of carbonyl (C=O) groups excluding carboxylic acids is 1. The topological polar surface area (TPSA) is 46.4 Å². The second-order valence-corrected chi connectivity index (χ2v) is 7.28. The van der Waals surface area contributed by atoms with E-state index in [0.717, 1.165) is 33.7 Å². The highest BCUT2D eigenvalue weighted by atomic mass is 16.2. The normalized spacial score (nSPS) is 11.7. The third kappa shape index (κ3) is 3.04. The molecule has 2 heterocycles. The smallest absolute Gasteiger partial charge is 0.229 e. The Bertz CT molecular complexity index is 916. The zero-order valence-corrected chi connectivity index (χ0v) is 14.8. The van der Waals surface area contributed by atoms with Crippen molar-refractivity contribution in [2.45, 2.75) is 34.6 Å². The summed E-state index contributed by atoms with van der Waals surface area (Å²) in [6, 6.07) is 10.1. The van der Waals surface area contributed by atoms with Gasteiger partial charge in [0.2, 0.25) is 5.91 Å². The van der Waals surface area contributed by atoms with Gasteiger partial charge in [0.05, 0.1) is 5.69 Å². The third-order valence-electron chi connectivity index (χ3n) is 4.14. The molecule has 0 aliphatic rings. The van der Waals surface area contributed by atoms with Crippen molar-refractivity contribution >= 4 is 17.2 Å². The van der Waals surface area contributed by atoms with E-state index >= 15 is 0 Å². The Kier molecular flexibility index (Phi) is 3.91. The zero-order valence-electron chi connectivity index (χ0n) is 14.8. The number of amides is 1. The van der Waals surface area contributed by atoms with Crippen molar-refractivity contribution in [1.29, 1.82) is 0 Å². The van der Waals surface area contributed by atoms with Gasteiger partial charge >= 0.3 is 0 Å². The van der Waals surface area contributed by atoms with Gasteiger partial charge < -0.3 is 9.72 Å². The van der Waals surface area contributed by atoms with E-state index in [0.29, 0.717) is 0 Å². The van der Waals surface area contributed by atoms with Crippen LogP contribution in [-0.4, -0.2) is 15.3 Å². The Morgan fingerprint density at radius 1 is 1.12 bits per heavy atom. The van der Waals surface area contributed by atoms with E-state index in [-0.39, 0.29) is 5.91 Å². The van der Waals surface area contributed by atoms with Crippen molar-refractivity contribution in [3.05, 3.63) is 53.9 Å². The number of aryl methyl sites for hydroxylation is 2. The number of aromatic nitrogens is 2. The SMILES string of the molecule is Cc1ccc(-c2cn3cccc(C)c3n2)cc1NC(=O)C(C)(C)C. The summed E-state index contributed by atoms with van der Waals surface area (Å²) in [5.74, 6) is 0.00796. The summed E-state index contributed by atoms with van der Waals surface area (Å²) in [5, 5.41) is 3.03. The minimum atomic E-state index is -0.428. The molecule has 124 valence electrons. The van der Waals surface area contributed by atoms with E-state index in [1.165, 1.54) is 0 Å². The van der Waals surface area contributed by atoms with Crippen LogP contribution in [0, 0.1) is 19.3 Å². The Hall–Kier alpha value is -2.62. The highest BCUT2D eigenvalue weighted by molar-refractivity contribution is 5.95. The number of fused-ring (bicyclic) bond motifs is 1. The van der Waals surface area contributed by atoms with Gasteiger partial charge in [0.15, 0.2) is 0 Å². The molecule has 0 unspecified atom stereocenters. The van der Waals surface area contributed by atoms with Gasteiger partial charge in [0, 0.05) is 29.1 Å². The van der Waals surface area contributed by atoms with Crippen molar-refractivity contribution < 1.29 is 4.79 Å². The van der Waals surface area contributed by atoms with E-state index in [9.17, 15) is 4.79 Å². The summed E-state index contributed by atoms with van der Waals surface area (Å²) in [6.07, 6.45) is 4.01. The number of nitrogens with one attached hydrogen (secondary N) is 1. The first-order chi connectivity index (χ1) is 11.3. The Morgan fingerprint density at radius 2 is 1.88 bits per heavy atom. The van der Waals surface area contributed by atoms with Crippen molar-refractivity contribution in [3.8, 4) is 11.3 Å². The maximum atomic E-state index is 12.3. The average molecular weight is 321 g/mol. The molecule has 0 bridgehead atoms. The lowest BCUT2D eigenvalue weighted by Gasteiger charge is -2.19. The lowest BCUT2D eigenvalue weighted by Crippen LogP contribution is -2.27. The van der Waals surface area contributed by atoms with Crippen LogP contribution in [-0.2, 0) is 4.79 Å². The molecule has 0 fully saturated rings. The number of hydrogen-bond acceptors (Lipinski definition) is 2. The fourth-order valence-corrected chi connectivity index (χ4v) is 2.52. The molecule has 1 aromatic carbocycles. The molecular formula is C20H23N3O.